The van der Waals surface area contributed by atoms with Crippen LogP contribution in [0.4, 0.5) is 5.82 Å². The van der Waals surface area contributed by atoms with Crippen LogP contribution < -0.4 is 15.8 Å². The molecule has 3 fully saturated rings. The van der Waals surface area contributed by atoms with Gasteiger partial charge in [-0.3, -0.25) is 14.6 Å². The van der Waals surface area contributed by atoms with Crippen LogP contribution in [0.2, 0.25) is 0 Å². The summed E-state index contributed by atoms with van der Waals surface area (Å²) < 4.78 is 18.0. The van der Waals surface area contributed by atoms with Gasteiger partial charge < -0.3 is 30.2 Å². The normalized spacial score (nSPS) is 17.7. The highest BCUT2D eigenvalue weighted by Crippen LogP contribution is 2.35. The number of nitrogens with zero attached hydrogens (tertiary/aromatic N) is 7. The summed E-state index contributed by atoms with van der Waals surface area (Å²) in [6.07, 6.45) is 4.82. The zero-order chi connectivity index (χ0) is 34.7. The lowest BCUT2D eigenvalue weighted by molar-refractivity contribution is -0.138. The number of rotatable bonds is 12. The predicted octanol–water partition coefficient (Wildman–Crippen LogP) is 3.54. The molecule has 5 heterocycles. The van der Waals surface area contributed by atoms with Crippen LogP contribution in [0.5, 0.6) is 11.5 Å². The number of nitrogens with one attached hydrogen (secondary N) is 1. The second-order valence-corrected chi connectivity index (χ2v) is 13.2. The molecule has 0 radical (unpaired) electrons. The average molecular weight is 686 g/mol. The number of piperazine rings is 1. The molecule has 0 bridgehead atoms. The van der Waals surface area contributed by atoms with Gasteiger partial charge in [-0.05, 0) is 74.7 Å². The molecular weight excluding hydrogens is 634 g/mol. The highest BCUT2D eigenvalue weighted by molar-refractivity contribution is 5.98. The average Bonchev–Trinajstić information content (AvgIpc) is 3.51. The molecule has 13 heteroatoms. The van der Waals surface area contributed by atoms with Crippen LogP contribution >= 0.6 is 0 Å². The van der Waals surface area contributed by atoms with Crippen LogP contribution in [0.3, 0.4) is 0 Å². The number of fused-ring (bicyclic) bond motifs is 1. The van der Waals surface area contributed by atoms with Gasteiger partial charge in [0.2, 0.25) is 5.91 Å². The molecule has 0 spiro atoms. The first kappa shape index (κ1) is 35.7. The van der Waals surface area contributed by atoms with E-state index in [1.807, 2.05) is 64.2 Å². The van der Waals surface area contributed by atoms with Gasteiger partial charge in [0.25, 0.3) is 0 Å². The number of benzene rings is 2. The SMILES string of the molecule is COCCC1CCN(CC(=O)N2CC(n3nc(-c4ccc(Oc5ccccc5)cc4)c4c(N)ncnc43)C2)CC1.COCCN1CCNCC1. The Bertz CT molecular complexity index is 1630. The van der Waals surface area contributed by atoms with E-state index in [-0.39, 0.29) is 11.9 Å². The zero-order valence-electron chi connectivity index (χ0n) is 29.4. The Hall–Kier alpha value is -4.14. The van der Waals surface area contributed by atoms with Crippen LogP contribution in [0.25, 0.3) is 22.3 Å². The van der Waals surface area contributed by atoms with Crippen molar-refractivity contribution in [1.82, 2.24) is 39.8 Å². The number of para-hydroxylation sites is 1. The number of ether oxygens (including phenoxy) is 3. The summed E-state index contributed by atoms with van der Waals surface area (Å²) in [5.41, 5.74) is 8.61. The van der Waals surface area contributed by atoms with Crippen molar-refractivity contribution in [3.63, 3.8) is 0 Å². The smallest absolute Gasteiger partial charge is 0.236 e. The molecule has 3 saturated heterocycles. The molecule has 268 valence electrons. The highest BCUT2D eigenvalue weighted by Gasteiger charge is 2.35. The van der Waals surface area contributed by atoms with Crippen molar-refractivity contribution in [2.45, 2.75) is 25.3 Å². The fourth-order valence-corrected chi connectivity index (χ4v) is 6.74. The molecule has 3 aliphatic heterocycles. The van der Waals surface area contributed by atoms with E-state index in [9.17, 15) is 4.79 Å². The van der Waals surface area contributed by atoms with Gasteiger partial charge in [0.1, 0.15) is 29.3 Å². The van der Waals surface area contributed by atoms with E-state index in [1.165, 1.54) is 19.4 Å². The molecule has 50 heavy (non-hydrogen) atoms. The molecule has 3 N–H and O–H groups in total. The van der Waals surface area contributed by atoms with Crippen molar-refractivity contribution in [3.05, 3.63) is 60.9 Å². The summed E-state index contributed by atoms with van der Waals surface area (Å²) in [5.74, 6) is 2.76. The first-order valence-corrected chi connectivity index (χ1v) is 17.8. The van der Waals surface area contributed by atoms with Crippen LogP contribution in [0, 0.1) is 5.92 Å². The molecule has 13 nitrogen and oxygen atoms in total. The van der Waals surface area contributed by atoms with Crippen LogP contribution in [-0.2, 0) is 14.3 Å². The minimum atomic E-state index is 0.0370. The molecule has 0 saturated carbocycles. The van der Waals surface area contributed by atoms with Crippen molar-refractivity contribution in [1.29, 1.82) is 0 Å². The number of nitrogen functional groups attached to an aromatic ring is 1. The van der Waals surface area contributed by atoms with Gasteiger partial charge in [0.15, 0.2) is 5.65 Å². The maximum atomic E-state index is 13.0. The lowest BCUT2D eigenvalue weighted by atomic mass is 9.94. The second-order valence-electron chi connectivity index (χ2n) is 13.2. The standard InChI is InChI=1S/C30H35N7O3.C7H16N2O/c1-39-16-13-21-11-14-35(15-12-21)19-26(38)36-17-23(18-36)37-30-27(29(31)32-20-33-30)28(34-37)22-7-9-25(10-8-22)40-24-5-3-2-4-6-24;1-10-7-6-9-4-2-8-3-5-9/h2-10,20-21,23H,11-19H2,1H3,(H2,31,32,33);8H,2-7H2,1H3. The summed E-state index contributed by atoms with van der Waals surface area (Å²) in [4.78, 5) is 28.4. The minimum absolute atomic E-state index is 0.0370. The first-order chi connectivity index (χ1) is 24.5. The number of carbonyl (C=O) groups is 1. The summed E-state index contributed by atoms with van der Waals surface area (Å²) in [5, 5.41) is 8.96. The molecule has 3 aliphatic rings. The van der Waals surface area contributed by atoms with E-state index in [4.69, 9.17) is 25.0 Å². The van der Waals surface area contributed by atoms with E-state index >= 15 is 0 Å². The number of likely N-dealkylation sites (tertiary alicyclic amines) is 2. The van der Waals surface area contributed by atoms with Crippen LogP contribution in [0.15, 0.2) is 60.9 Å². The zero-order valence-corrected chi connectivity index (χ0v) is 29.4. The van der Waals surface area contributed by atoms with Gasteiger partial charge in [-0.15, -0.1) is 0 Å². The van der Waals surface area contributed by atoms with Gasteiger partial charge >= 0.3 is 0 Å². The van der Waals surface area contributed by atoms with Gasteiger partial charge in [0, 0.05) is 72.2 Å². The van der Waals surface area contributed by atoms with E-state index in [0.717, 1.165) is 93.3 Å². The predicted molar refractivity (Wildman–Crippen MR) is 194 cm³/mol. The topological polar surface area (TPSA) is 136 Å². The van der Waals surface area contributed by atoms with Crippen molar-refractivity contribution < 1.29 is 19.0 Å². The van der Waals surface area contributed by atoms with E-state index in [2.05, 4.69) is 25.1 Å². The third-order valence-corrected chi connectivity index (χ3v) is 9.80. The Labute approximate surface area is 294 Å². The Morgan fingerprint density at radius 3 is 2.28 bits per heavy atom. The number of methoxy groups -OCH3 is 2. The number of hydrogen-bond acceptors (Lipinski definition) is 11. The summed E-state index contributed by atoms with van der Waals surface area (Å²) in [6.45, 7) is 11.0. The summed E-state index contributed by atoms with van der Waals surface area (Å²) in [7, 11) is 3.50. The molecule has 0 atom stereocenters. The van der Waals surface area contributed by atoms with Crippen LogP contribution in [-0.4, -0.2) is 133 Å². The third kappa shape index (κ3) is 9.15. The maximum Gasteiger partial charge on any atom is 0.236 e. The monoisotopic (exact) mass is 685 g/mol. The van der Waals surface area contributed by atoms with E-state index < -0.39 is 0 Å². The van der Waals surface area contributed by atoms with E-state index in [0.29, 0.717) is 37.0 Å². The van der Waals surface area contributed by atoms with Gasteiger partial charge in [-0.25, -0.2) is 14.6 Å². The van der Waals surface area contributed by atoms with Crippen molar-refractivity contribution in [3.8, 4) is 22.8 Å². The largest absolute Gasteiger partial charge is 0.457 e. The molecule has 4 aromatic rings. The number of nitrogens with two attached hydrogens (primary N) is 1. The molecule has 2 aromatic heterocycles. The number of amides is 1. The van der Waals surface area contributed by atoms with Gasteiger partial charge in [0.05, 0.1) is 24.6 Å². The number of piperidine rings is 1. The summed E-state index contributed by atoms with van der Waals surface area (Å²) in [6, 6.07) is 17.5. The van der Waals surface area contributed by atoms with Crippen molar-refractivity contribution in [2.24, 2.45) is 5.92 Å². The second kappa shape index (κ2) is 17.7. The quantitative estimate of drug-likeness (QED) is 0.227. The van der Waals surface area contributed by atoms with Crippen LogP contribution in [0.1, 0.15) is 25.3 Å². The van der Waals surface area contributed by atoms with Gasteiger partial charge in [-0.2, -0.15) is 5.10 Å². The first-order valence-electron chi connectivity index (χ1n) is 17.8. The number of anilines is 1. The number of carbonyl (C=O) groups excluding carboxylic acids is 1. The lowest BCUT2D eigenvalue weighted by Gasteiger charge is -2.41. The molecule has 7 rings (SSSR count). The fourth-order valence-electron chi connectivity index (χ4n) is 6.74. The molecule has 1 amide bonds. The summed E-state index contributed by atoms with van der Waals surface area (Å²) >= 11 is 0. The highest BCUT2D eigenvalue weighted by atomic mass is 16.5. The Morgan fingerprint density at radius 2 is 1.58 bits per heavy atom. The fraction of sp³-hybridized carbons (Fsp3) is 0.514. The van der Waals surface area contributed by atoms with E-state index in [1.54, 1.807) is 14.2 Å². The van der Waals surface area contributed by atoms with Gasteiger partial charge in [-0.1, -0.05) is 18.2 Å². The Balaban J connectivity index is 0.000000373. The van der Waals surface area contributed by atoms with Crippen molar-refractivity contribution >= 4 is 22.8 Å². The Morgan fingerprint density at radius 1 is 0.880 bits per heavy atom. The molecular formula is C37H51N9O4. The third-order valence-electron chi connectivity index (χ3n) is 9.80. The number of aromatic nitrogens is 4. The molecule has 2 aromatic carbocycles. The minimum Gasteiger partial charge on any atom is -0.457 e. The molecule has 0 aliphatic carbocycles. The number of hydrogen-bond donors (Lipinski definition) is 2. The maximum absolute atomic E-state index is 13.0. The Kier molecular flexibility index (Phi) is 12.6. The molecule has 0 unspecified atom stereocenters. The lowest BCUT2D eigenvalue weighted by Crippen LogP contribution is -2.54. The van der Waals surface area contributed by atoms with Crippen molar-refractivity contribution in [2.75, 3.05) is 98.6 Å².